The average molecular weight is 341 g/mol. The van der Waals surface area contributed by atoms with Gasteiger partial charge in [0.1, 0.15) is 0 Å². The number of rotatable bonds is 11. The first-order chi connectivity index (χ1) is 11.3. The Hall–Kier alpha value is -1.59. The lowest BCUT2D eigenvalue weighted by Gasteiger charge is -2.26. The van der Waals surface area contributed by atoms with E-state index in [0.29, 0.717) is 51.9 Å². The van der Waals surface area contributed by atoms with E-state index < -0.39 is 0 Å². The molecule has 0 fully saturated rings. The second-order valence-corrected chi connectivity index (χ2v) is 6.14. The van der Waals surface area contributed by atoms with Crippen LogP contribution in [0.2, 0.25) is 0 Å². The van der Waals surface area contributed by atoms with E-state index >= 15 is 0 Å². The maximum atomic E-state index is 12.7. The molecule has 0 spiro atoms. The third-order valence-electron chi connectivity index (χ3n) is 4.45. The van der Waals surface area contributed by atoms with Crippen LogP contribution < -0.4 is 0 Å². The predicted molar refractivity (Wildman–Crippen MR) is 96.5 cm³/mol. The molecule has 6 nitrogen and oxygen atoms in total. The van der Waals surface area contributed by atoms with Gasteiger partial charge in [0.25, 0.3) is 0 Å². The topological polar surface area (TPSA) is 60.9 Å². The Balaban J connectivity index is 4.88. The molecule has 6 heteroatoms. The Morgan fingerprint density at radius 2 is 1.12 bits per heavy atom. The molecule has 1 unspecified atom stereocenters. The van der Waals surface area contributed by atoms with Gasteiger partial charge in [0.15, 0.2) is 0 Å². The molecule has 0 aromatic rings. The predicted octanol–water partition coefficient (Wildman–Crippen LogP) is 1.99. The first-order valence-corrected chi connectivity index (χ1v) is 9.08. The standard InChI is InChI=1S/C18H35N3O3/c1-7-20(8-2)17(23)14-12-15(11-13-16(22)19(5)6)18(24)21(9-3)10-4/h15H,7-14H2,1-6H3. The van der Waals surface area contributed by atoms with E-state index in [1.165, 1.54) is 0 Å². The second-order valence-electron chi connectivity index (χ2n) is 6.14. The highest BCUT2D eigenvalue weighted by atomic mass is 16.2. The summed E-state index contributed by atoms with van der Waals surface area (Å²) in [6.45, 7) is 10.5. The van der Waals surface area contributed by atoms with Gasteiger partial charge in [-0.3, -0.25) is 14.4 Å². The number of carbonyl (C=O) groups is 3. The molecule has 0 aliphatic carbocycles. The number of amides is 3. The molecular weight excluding hydrogens is 306 g/mol. The van der Waals surface area contributed by atoms with Gasteiger partial charge >= 0.3 is 0 Å². The fourth-order valence-corrected chi connectivity index (χ4v) is 2.74. The summed E-state index contributed by atoms with van der Waals surface area (Å²) in [5, 5.41) is 0. The van der Waals surface area contributed by atoms with Crippen molar-refractivity contribution in [1.82, 2.24) is 14.7 Å². The first kappa shape index (κ1) is 22.4. The Morgan fingerprint density at radius 3 is 1.50 bits per heavy atom. The smallest absolute Gasteiger partial charge is 0.225 e. The fourth-order valence-electron chi connectivity index (χ4n) is 2.74. The summed E-state index contributed by atoms with van der Waals surface area (Å²) in [6.07, 6.45) is 1.70. The summed E-state index contributed by atoms with van der Waals surface area (Å²) >= 11 is 0. The average Bonchev–Trinajstić information content (AvgIpc) is 2.56. The van der Waals surface area contributed by atoms with Gasteiger partial charge in [-0.25, -0.2) is 0 Å². The van der Waals surface area contributed by atoms with Gasteiger partial charge in [-0.15, -0.1) is 0 Å². The minimum absolute atomic E-state index is 0.0161. The highest BCUT2D eigenvalue weighted by molar-refractivity contribution is 5.82. The summed E-state index contributed by atoms with van der Waals surface area (Å²) in [6, 6.07) is 0. The van der Waals surface area contributed by atoms with Crippen LogP contribution in [-0.2, 0) is 14.4 Å². The minimum Gasteiger partial charge on any atom is -0.349 e. The van der Waals surface area contributed by atoms with E-state index in [1.807, 2.05) is 27.7 Å². The number of hydrogen-bond acceptors (Lipinski definition) is 3. The molecule has 0 aromatic carbocycles. The molecule has 0 aromatic heterocycles. The van der Waals surface area contributed by atoms with E-state index in [-0.39, 0.29) is 23.6 Å². The van der Waals surface area contributed by atoms with Crippen LogP contribution in [0.15, 0.2) is 0 Å². The van der Waals surface area contributed by atoms with Crippen LogP contribution >= 0.6 is 0 Å². The van der Waals surface area contributed by atoms with Gasteiger partial charge in [0.2, 0.25) is 17.7 Å². The third kappa shape index (κ3) is 7.32. The molecule has 0 aliphatic rings. The van der Waals surface area contributed by atoms with Crippen molar-refractivity contribution in [2.24, 2.45) is 5.92 Å². The van der Waals surface area contributed by atoms with Crippen LogP contribution in [0.25, 0.3) is 0 Å². The molecule has 0 radical (unpaired) electrons. The molecule has 3 amide bonds. The lowest BCUT2D eigenvalue weighted by molar-refractivity contribution is -0.137. The molecule has 0 rings (SSSR count). The van der Waals surface area contributed by atoms with E-state index in [9.17, 15) is 14.4 Å². The highest BCUT2D eigenvalue weighted by Crippen LogP contribution is 2.18. The zero-order valence-electron chi connectivity index (χ0n) is 16.3. The van der Waals surface area contributed by atoms with Crippen molar-refractivity contribution in [1.29, 1.82) is 0 Å². The first-order valence-electron chi connectivity index (χ1n) is 9.08. The third-order valence-corrected chi connectivity index (χ3v) is 4.45. The summed E-state index contributed by atoms with van der Waals surface area (Å²) in [5.74, 6) is -0.120. The van der Waals surface area contributed by atoms with Gasteiger partial charge in [-0.05, 0) is 40.5 Å². The van der Waals surface area contributed by atoms with Crippen LogP contribution in [0.4, 0.5) is 0 Å². The van der Waals surface area contributed by atoms with Gasteiger partial charge in [-0.2, -0.15) is 0 Å². The molecule has 140 valence electrons. The van der Waals surface area contributed by atoms with E-state index in [0.717, 1.165) is 0 Å². The van der Waals surface area contributed by atoms with E-state index in [4.69, 9.17) is 0 Å². The van der Waals surface area contributed by atoms with Crippen LogP contribution in [-0.4, -0.2) is 72.7 Å². The molecular formula is C18H35N3O3. The molecule has 1 atom stereocenters. The van der Waals surface area contributed by atoms with Crippen molar-refractivity contribution in [3.05, 3.63) is 0 Å². The SMILES string of the molecule is CCN(CC)C(=O)CCC(CCC(=O)N(C)C)C(=O)N(CC)CC. The number of hydrogen-bond donors (Lipinski definition) is 0. The van der Waals surface area contributed by atoms with Gasteiger partial charge in [0.05, 0.1) is 0 Å². The summed E-state index contributed by atoms with van der Waals surface area (Å²) in [4.78, 5) is 41.9. The maximum Gasteiger partial charge on any atom is 0.225 e. The van der Waals surface area contributed by atoms with E-state index in [2.05, 4.69) is 0 Å². The normalized spacial score (nSPS) is 11.8. The van der Waals surface area contributed by atoms with Crippen molar-refractivity contribution in [3.63, 3.8) is 0 Å². The maximum absolute atomic E-state index is 12.7. The quantitative estimate of drug-likeness (QED) is 0.577. The van der Waals surface area contributed by atoms with Crippen molar-refractivity contribution in [2.45, 2.75) is 53.4 Å². The van der Waals surface area contributed by atoms with Crippen molar-refractivity contribution in [2.75, 3.05) is 40.3 Å². The lowest BCUT2D eigenvalue weighted by Crippen LogP contribution is -2.37. The zero-order valence-corrected chi connectivity index (χ0v) is 16.3. The Bertz CT molecular complexity index is 402. The molecule has 0 saturated carbocycles. The summed E-state index contributed by atoms with van der Waals surface area (Å²) < 4.78 is 0. The largest absolute Gasteiger partial charge is 0.349 e. The molecule has 0 bridgehead atoms. The summed E-state index contributed by atoms with van der Waals surface area (Å²) in [7, 11) is 3.43. The minimum atomic E-state index is -0.270. The van der Waals surface area contributed by atoms with Gasteiger partial charge in [-0.1, -0.05) is 0 Å². The lowest BCUT2D eigenvalue weighted by atomic mass is 9.95. The summed E-state index contributed by atoms with van der Waals surface area (Å²) in [5.41, 5.74) is 0. The molecule has 0 N–H and O–H groups in total. The van der Waals surface area contributed by atoms with Crippen LogP contribution in [0.3, 0.4) is 0 Å². The number of carbonyl (C=O) groups excluding carboxylic acids is 3. The van der Waals surface area contributed by atoms with Crippen molar-refractivity contribution in [3.8, 4) is 0 Å². The Labute approximate surface area is 147 Å². The van der Waals surface area contributed by atoms with Crippen LogP contribution in [0.5, 0.6) is 0 Å². The molecule has 24 heavy (non-hydrogen) atoms. The van der Waals surface area contributed by atoms with Gasteiger partial charge in [0, 0.05) is 59.0 Å². The van der Waals surface area contributed by atoms with Crippen molar-refractivity contribution >= 4 is 17.7 Å². The molecule has 0 saturated heterocycles. The second kappa shape index (κ2) is 11.9. The number of nitrogens with zero attached hydrogens (tertiary/aromatic N) is 3. The van der Waals surface area contributed by atoms with E-state index in [1.54, 1.807) is 28.8 Å². The van der Waals surface area contributed by atoms with Crippen LogP contribution in [0, 0.1) is 5.92 Å². The van der Waals surface area contributed by atoms with Crippen LogP contribution in [0.1, 0.15) is 53.4 Å². The zero-order chi connectivity index (χ0) is 18.7. The highest BCUT2D eigenvalue weighted by Gasteiger charge is 2.25. The fraction of sp³-hybridized carbons (Fsp3) is 0.833. The Morgan fingerprint density at radius 1 is 0.708 bits per heavy atom. The molecule has 0 heterocycles. The van der Waals surface area contributed by atoms with Crippen molar-refractivity contribution < 1.29 is 14.4 Å². The Kier molecular flexibility index (Phi) is 11.1. The monoisotopic (exact) mass is 341 g/mol. The molecule has 0 aliphatic heterocycles. The van der Waals surface area contributed by atoms with Gasteiger partial charge < -0.3 is 14.7 Å².